The summed E-state index contributed by atoms with van der Waals surface area (Å²) in [5, 5.41) is 0. The van der Waals surface area contributed by atoms with Crippen molar-refractivity contribution in [2.45, 2.75) is 26.8 Å². The van der Waals surface area contributed by atoms with Crippen molar-refractivity contribution in [2.24, 2.45) is 5.92 Å². The van der Waals surface area contributed by atoms with Gasteiger partial charge in [0.25, 0.3) is 0 Å². The smallest absolute Gasteiger partial charge is 0.201 e. The summed E-state index contributed by atoms with van der Waals surface area (Å²) in [6.07, 6.45) is 1.13. The van der Waals surface area contributed by atoms with Gasteiger partial charge in [-0.2, -0.15) is 0 Å². The zero-order valence-electron chi connectivity index (χ0n) is 9.68. The lowest BCUT2D eigenvalue weighted by molar-refractivity contribution is 0.526. The summed E-state index contributed by atoms with van der Waals surface area (Å²) in [5.41, 5.74) is 8.01. The van der Waals surface area contributed by atoms with Crippen molar-refractivity contribution >= 4 is 34.0 Å². The maximum absolute atomic E-state index is 5.89. The number of nitrogens with zero attached hydrogens (tertiary/aromatic N) is 2. The molecular weight excluding hydrogens is 266 g/mol. The minimum atomic E-state index is 0. The van der Waals surface area contributed by atoms with E-state index in [1.807, 2.05) is 18.2 Å². The van der Waals surface area contributed by atoms with Gasteiger partial charge in [0, 0.05) is 6.54 Å². The fourth-order valence-corrected chi connectivity index (χ4v) is 1.72. The van der Waals surface area contributed by atoms with Crippen LogP contribution in [0, 0.1) is 5.92 Å². The molecule has 1 heterocycles. The normalized spacial score (nSPS) is 10.7. The molecule has 0 bridgehead atoms. The third-order valence-electron chi connectivity index (χ3n) is 2.61. The molecule has 16 heavy (non-hydrogen) atoms. The monoisotopic (exact) mass is 283 g/mol. The Labute approximate surface area is 106 Å². The average Bonchev–Trinajstić information content (AvgIpc) is 2.50. The summed E-state index contributed by atoms with van der Waals surface area (Å²) in [6.45, 7) is 5.38. The molecule has 0 aliphatic heterocycles. The van der Waals surface area contributed by atoms with E-state index < -0.39 is 0 Å². The molecule has 0 unspecified atom stereocenters. The van der Waals surface area contributed by atoms with Gasteiger partial charge in [0.2, 0.25) is 5.95 Å². The Bertz CT molecular complexity index is 462. The van der Waals surface area contributed by atoms with Crippen LogP contribution in [0.4, 0.5) is 5.95 Å². The van der Waals surface area contributed by atoms with Crippen LogP contribution in [0.2, 0.25) is 0 Å². The first-order valence-electron chi connectivity index (χ1n) is 5.39. The molecule has 0 atom stereocenters. The number of imidazole rings is 1. The highest BCUT2D eigenvalue weighted by atomic mass is 79.9. The minimum absolute atomic E-state index is 0. The van der Waals surface area contributed by atoms with Crippen LogP contribution in [0.3, 0.4) is 0 Å². The number of nitrogen functional groups attached to an aromatic ring is 1. The molecule has 0 spiro atoms. The van der Waals surface area contributed by atoms with Crippen LogP contribution in [0.25, 0.3) is 11.0 Å². The van der Waals surface area contributed by atoms with Gasteiger partial charge in [0.1, 0.15) is 0 Å². The number of aromatic nitrogens is 2. The molecule has 0 aliphatic rings. The zero-order valence-corrected chi connectivity index (χ0v) is 11.4. The van der Waals surface area contributed by atoms with Crippen LogP contribution < -0.4 is 5.73 Å². The number of fused-ring (bicyclic) bond motifs is 1. The van der Waals surface area contributed by atoms with Gasteiger partial charge in [-0.15, -0.1) is 17.0 Å². The first kappa shape index (κ1) is 13.0. The van der Waals surface area contributed by atoms with Gasteiger partial charge in [-0.1, -0.05) is 26.0 Å². The molecule has 1 aromatic heterocycles. The summed E-state index contributed by atoms with van der Waals surface area (Å²) in [6, 6.07) is 8.08. The Morgan fingerprint density at radius 1 is 1.31 bits per heavy atom. The second kappa shape index (κ2) is 5.34. The Morgan fingerprint density at radius 3 is 2.69 bits per heavy atom. The molecule has 3 nitrogen and oxygen atoms in total. The minimum Gasteiger partial charge on any atom is -0.369 e. The molecule has 0 aliphatic carbocycles. The number of para-hydroxylation sites is 2. The third kappa shape index (κ3) is 2.55. The van der Waals surface area contributed by atoms with Gasteiger partial charge in [-0.05, 0) is 24.5 Å². The van der Waals surface area contributed by atoms with Gasteiger partial charge < -0.3 is 10.3 Å². The van der Waals surface area contributed by atoms with Crippen molar-refractivity contribution in [3.05, 3.63) is 24.3 Å². The van der Waals surface area contributed by atoms with Gasteiger partial charge in [0.15, 0.2) is 0 Å². The molecule has 0 saturated heterocycles. The number of benzene rings is 1. The fraction of sp³-hybridized carbons (Fsp3) is 0.417. The average molecular weight is 284 g/mol. The molecule has 2 aromatic rings. The van der Waals surface area contributed by atoms with E-state index in [0.29, 0.717) is 11.9 Å². The van der Waals surface area contributed by atoms with Crippen molar-refractivity contribution in [1.82, 2.24) is 9.55 Å². The van der Waals surface area contributed by atoms with E-state index in [9.17, 15) is 0 Å². The predicted octanol–water partition coefficient (Wildman–Crippen LogP) is 3.24. The summed E-state index contributed by atoms with van der Waals surface area (Å²) in [4.78, 5) is 4.33. The van der Waals surface area contributed by atoms with E-state index in [1.54, 1.807) is 0 Å². The highest BCUT2D eigenvalue weighted by Gasteiger charge is 2.07. The SMILES string of the molecule is Br.CC(C)CCn1c(N)nc2ccccc21. The lowest BCUT2D eigenvalue weighted by atomic mass is 10.1. The quantitative estimate of drug-likeness (QED) is 0.940. The predicted molar refractivity (Wildman–Crippen MR) is 73.9 cm³/mol. The standard InChI is InChI=1S/C12H17N3.BrH/c1-9(2)7-8-15-11-6-4-3-5-10(11)14-12(15)13;/h3-6,9H,7-8H2,1-2H3,(H2,13,14);1H. The van der Waals surface area contributed by atoms with Gasteiger partial charge >= 0.3 is 0 Å². The molecule has 0 radical (unpaired) electrons. The Morgan fingerprint density at radius 2 is 2.00 bits per heavy atom. The van der Waals surface area contributed by atoms with Gasteiger partial charge in [-0.25, -0.2) is 4.98 Å². The number of hydrogen-bond donors (Lipinski definition) is 1. The molecular formula is C12H18BrN3. The van der Waals surface area contributed by atoms with Crippen LogP contribution in [0.1, 0.15) is 20.3 Å². The zero-order chi connectivity index (χ0) is 10.8. The summed E-state index contributed by atoms with van der Waals surface area (Å²) >= 11 is 0. The van der Waals surface area contributed by atoms with Crippen LogP contribution >= 0.6 is 17.0 Å². The Kier molecular flexibility index (Phi) is 4.35. The number of aryl methyl sites for hydroxylation is 1. The summed E-state index contributed by atoms with van der Waals surface area (Å²) in [7, 11) is 0. The summed E-state index contributed by atoms with van der Waals surface area (Å²) < 4.78 is 2.09. The molecule has 2 rings (SSSR count). The maximum atomic E-state index is 5.89. The highest BCUT2D eigenvalue weighted by molar-refractivity contribution is 8.93. The van der Waals surface area contributed by atoms with E-state index in [0.717, 1.165) is 24.0 Å². The second-order valence-electron chi connectivity index (χ2n) is 4.29. The molecule has 2 N–H and O–H groups in total. The third-order valence-corrected chi connectivity index (χ3v) is 2.61. The van der Waals surface area contributed by atoms with E-state index >= 15 is 0 Å². The van der Waals surface area contributed by atoms with Crippen molar-refractivity contribution in [1.29, 1.82) is 0 Å². The fourth-order valence-electron chi connectivity index (χ4n) is 1.72. The maximum Gasteiger partial charge on any atom is 0.201 e. The molecule has 1 aromatic carbocycles. The second-order valence-corrected chi connectivity index (χ2v) is 4.29. The lowest BCUT2D eigenvalue weighted by Crippen LogP contribution is -2.05. The van der Waals surface area contributed by atoms with Crippen LogP contribution in [0.15, 0.2) is 24.3 Å². The number of nitrogens with two attached hydrogens (primary N) is 1. The van der Waals surface area contributed by atoms with Crippen LogP contribution in [-0.2, 0) is 6.54 Å². The van der Waals surface area contributed by atoms with Gasteiger partial charge in [0.05, 0.1) is 11.0 Å². The van der Waals surface area contributed by atoms with E-state index in [4.69, 9.17) is 5.73 Å². The van der Waals surface area contributed by atoms with Crippen molar-refractivity contribution in [3.63, 3.8) is 0 Å². The first-order valence-corrected chi connectivity index (χ1v) is 5.39. The van der Waals surface area contributed by atoms with Gasteiger partial charge in [-0.3, -0.25) is 0 Å². The molecule has 0 saturated carbocycles. The van der Waals surface area contributed by atoms with Crippen molar-refractivity contribution in [2.75, 3.05) is 5.73 Å². The topological polar surface area (TPSA) is 43.8 Å². The van der Waals surface area contributed by atoms with Crippen molar-refractivity contribution in [3.8, 4) is 0 Å². The highest BCUT2D eigenvalue weighted by Crippen LogP contribution is 2.18. The largest absolute Gasteiger partial charge is 0.369 e. The van der Waals surface area contributed by atoms with E-state index in [-0.39, 0.29) is 17.0 Å². The van der Waals surface area contributed by atoms with Crippen LogP contribution in [-0.4, -0.2) is 9.55 Å². The molecule has 0 fully saturated rings. The first-order chi connectivity index (χ1) is 7.18. The number of anilines is 1. The number of halogens is 1. The Balaban J connectivity index is 0.00000128. The number of hydrogen-bond acceptors (Lipinski definition) is 2. The summed E-state index contributed by atoms with van der Waals surface area (Å²) in [5.74, 6) is 1.31. The van der Waals surface area contributed by atoms with Crippen LogP contribution in [0.5, 0.6) is 0 Å². The lowest BCUT2D eigenvalue weighted by Gasteiger charge is -2.08. The van der Waals surface area contributed by atoms with E-state index in [1.165, 1.54) is 0 Å². The van der Waals surface area contributed by atoms with E-state index in [2.05, 4.69) is 29.5 Å². The Hall–Kier alpha value is -1.03. The van der Waals surface area contributed by atoms with Crippen molar-refractivity contribution < 1.29 is 0 Å². The number of rotatable bonds is 3. The molecule has 0 amide bonds. The molecule has 4 heteroatoms. The molecule has 88 valence electrons.